The molecule has 0 aliphatic heterocycles. The SMILES string of the molecule is [C-]#[N+]c1c(C(F)(F)F)cc(-c2ccc(OC3CCCCC3)cc2)n(Cc2ccc(C)cc2C)c1=O. The van der Waals surface area contributed by atoms with E-state index >= 15 is 0 Å². The average molecular weight is 481 g/mol. The van der Waals surface area contributed by atoms with E-state index in [0.717, 1.165) is 48.4 Å². The molecule has 1 saturated carbocycles. The Morgan fingerprint density at radius 1 is 1.03 bits per heavy atom. The van der Waals surface area contributed by atoms with Crippen molar-refractivity contribution in [1.82, 2.24) is 4.57 Å². The number of rotatable bonds is 5. The highest BCUT2D eigenvalue weighted by atomic mass is 19.4. The Balaban J connectivity index is 1.80. The van der Waals surface area contributed by atoms with Gasteiger partial charge in [-0.05, 0) is 86.6 Å². The van der Waals surface area contributed by atoms with E-state index in [0.29, 0.717) is 11.3 Å². The second-order valence-corrected chi connectivity index (χ2v) is 9.12. The van der Waals surface area contributed by atoms with Crippen LogP contribution in [0.3, 0.4) is 0 Å². The lowest BCUT2D eigenvalue weighted by Crippen LogP contribution is -2.25. The maximum absolute atomic E-state index is 13.8. The van der Waals surface area contributed by atoms with E-state index in [1.54, 1.807) is 24.3 Å². The van der Waals surface area contributed by atoms with Crippen molar-refractivity contribution in [1.29, 1.82) is 0 Å². The van der Waals surface area contributed by atoms with Crippen LogP contribution < -0.4 is 10.3 Å². The molecule has 0 radical (unpaired) electrons. The number of aromatic nitrogens is 1. The zero-order valence-corrected chi connectivity index (χ0v) is 19.8. The number of hydrogen-bond acceptors (Lipinski definition) is 2. The van der Waals surface area contributed by atoms with Crippen LogP contribution in [0.1, 0.15) is 54.4 Å². The third-order valence-corrected chi connectivity index (χ3v) is 6.52. The van der Waals surface area contributed by atoms with Crippen molar-refractivity contribution in [2.24, 2.45) is 0 Å². The number of hydrogen-bond donors (Lipinski definition) is 0. The summed E-state index contributed by atoms with van der Waals surface area (Å²) in [7, 11) is 0. The highest BCUT2D eigenvalue weighted by Gasteiger charge is 2.36. The molecular formula is C28H27F3N2O2. The Kier molecular flexibility index (Phi) is 7.02. The number of nitrogens with zero attached hydrogens (tertiary/aromatic N) is 2. The molecule has 182 valence electrons. The van der Waals surface area contributed by atoms with Gasteiger partial charge in [0.25, 0.3) is 11.2 Å². The highest BCUT2D eigenvalue weighted by Crippen LogP contribution is 2.37. The summed E-state index contributed by atoms with van der Waals surface area (Å²) in [6.07, 6.45) is 0.763. The molecule has 0 spiro atoms. The van der Waals surface area contributed by atoms with Crippen LogP contribution in [0.15, 0.2) is 53.3 Å². The molecule has 3 aromatic rings. The van der Waals surface area contributed by atoms with Crippen molar-refractivity contribution in [3.8, 4) is 17.0 Å². The van der Waals surface area contributed by atoms with Crippen LogP contribution in [0.25, 0.3) is 16.1 Å². The standard InChI is InChI=1S/C28H27F3N2O2/c1-18-9-10-21(19(2)15-18)17-33-25(16-24(28(29,30)31)26(32-3)27(33)34)20-11-13-23(14-12-20)35-22-7-5-4-6-8-22/h9-16,22H,4-8,17H2,1-2H3. The molecule has 4 rings (SSSR count). The van der Waals surface area contributed by atoms with Gasteiger partial charge in [0.2, 0.25) is 0 Å². The molecule has 35 heavy (non-hydrogen) atoms. The van der Waals surface area contributed by atoms with E-state index in [-0.39, 0.29) is 18.3 Å². The van der Waals surface area contributed by atoms with Gasteiger partial charge in [-0.3, -0.25) is 4.79 Å². The third kappa shape index (κ3) is 5.43. The number of alkyl halides is 3. The van der Waals surface area contributed by atoms with E-state index in [2.05, 4.69) is 4.85 Å². The Morgan fingerprint density at radius 2 is 1.71 bits per heavy atom. The molecule has 0 atom stereocenters. The van der Waals surface area contributed by atoms with E-state index in [1.165, 1.54) is 11.0 Å². The van der Waals surface area contributed by atoms with Crippen molar-refractivity contribution in [2.45, 2.75) is 64.8 Å². The number of ether oxygens (including phenoxy) is 1. The van der Waals surface area contributed by atoms with Crippen molar-refractivity contribution in [3.63, 3.8) is 0 Å². The van der Waals surface area contributed by atoms with Crippen LogP contribution in [-0.4, -0.2) is 10.7 Å². The summed E-state index contributed by atoms with van der Waals surface area (Å²) >= 11 is 0. The zero-order valence-electron chi connectivity index (χ0n) is 19.8. The molecule has 0 bridgehead atoms. The second kappa shape index (κ2) is 9.99. The minimum Gasteiger partial charge on any atom is -0.490 e. The number of pyridine rings is 1. The Labute approximate surface area is 202 Å². The Hall–Kier alpha value is -3.53. The summed E-state index contributed by atoms with van der Waals surface area (Å²) in [5, 5.41) is 0. The normalized spacial score (nSPS) is 14.5. The van der Waals surface area contributed by atoms with Crippen LogP contribution in [0.4, 0.5) is 18.9 Å². The summed E-state index contributed by atoms with van der Waals surface area (Å²) in [6, 6.07) is 13.4. The van der Waals surface area contributed by atoms with Crippen LogP contribution in [0.5, 0.6) is 5.75 Å². The second-order valence-electron chi connectivity index (χ2n) is 9.12. The fraction of sp³-hybridized carbons (Fsp3) is 0.357. The highest BCUT2D eigenvalue weighted by molar-refractivity contribution is 5.66. The lowest BCUT2D eigenvalue weighted by Gasteiger charge is -2.23. The first-order valence-electron chi connectivity index (χ1n) is 11.7. The minimum atomic E-state index is -4.82. The third-order valence-electron chi connectivity index (χ3n) is 6.52. The lowest BCUT2D eigenvalue weighted by molar-refractivity contribution is -0.136. The molecule has 1 heterocycles. The minimum absolute atomic E-state index is 0.0568. The van der Waals surface area contributed by atoms with Crippen molar-refractivity contribution >= 4 is 5.69 Å². The van der Waals surface area contributed by atoms with Gasteiger partial charge in [-0.15, -0.1) is 0 Å². The number of halogens is 3. The average Bonchev–Trinajstić information content (AvgIpc) is 2.82. The summed E-state index contributed by atoms with van der Waals surface area (Å²) in [5.74, 6) is 0.651. The topological polar surface area (TPSA) is 35.6 Å². The first kappa shape index (κ1) is 24.6. The molecule has 0 unspecified atom stereocenters. The number of benzene rings is 2. The predicted octanol–water partition coefficient (Wildman–Crippen LogP) is 7.46. The van der Waals surface area contributed by atoms with E-state index in [9.17, 15) is 18.0 Å². The maximum Gasteiger partial charge on any atom is 0.407 e. The first-order valence-corrected chi connectivity index (χ1v) is 11.7. The van der Waals surface area contributed by atoms with Crippen LogP contribution in [-0.2, 0) is 12.7 Å². The largest absolute Gasteiger partial charge is 0.490 e. The molecule has 1 aliphatic rings. The Morgan fingerprint density at radius 3 is 2.31 bits per heavy atom. The molecular weight excluding hydrogens is 453 g/mol. The molecule has 4 nitrogen and oxygen atoms in total. The smallest absolute Gasteiger partial charge is 0.407 e. The molecule has 1 fully saturated rings. The van der Waals surface area contributed by atoms with Gasteiger partial charge in [-0.25, -0.2) is 4.85 Å². The van der Waals surface area contributed by atoms with Crippen molar-refractivity contribution in [3.05, 3.63) is 92.6 Å². The summed E-state index contributed by atoms with van der Waals surface area (Å²) in [5.41, 5.74) is 0.239. The Bertz CT molecular complexity index is 1310. The fourth-order valence-electron chi connectivity index (χ4n) is 4.63. The lowest BCUT2D eigenvalue weighted by atomic mass is 9.98. The maximum atomic E-state index is 13.8. The molecule has 1 aromatic heterocycles. The van der Waals surface area contributed by atoms with Crippen molar-refractivity contribution in [2.75, 3.05) is 0 Å². The van der Waals surface area contributed by atoms with Gasteiger partial charge in [-0.2, -0.15) is 13.2 Å². The van der Waals surface area contributed by atoms with Crippen molar-refractivity contribution < 1.29 is 17.9 Å². The quantitative estimate of drug-likeness (QED) is 0.355. The molecule has 2 aromatic carbocycles. The van der Waals surface area contributed by atoms with Gasteiger partial charge in [0.05, 0.1) is 24.8 Å². The van der Waals surface area contributed by atoms with Gasteiger partial charge < -0.3 is 9.30 Å². The van der Waals surface area contributed by atoms with Gasteiger partial charge >= 0.3 is 6.18 Å². The van der Waals surface area contributed by atoms with Gasteiger partial charge in [0.1, 0.15) is 5.75 Å². The molecule has 0 amide bonds. The van der Waals surface area contributed by atoms with E-state index in [4.69, 9.17) is 11.3 Å². The number of aryl methyl sites for hydroxylation is 2. The summed E-state index contributed by atoms with van der Waals surface area (Å²) in [4.78, 5) is 16.2. The van der Waals surface area contributed by atoms with Gasteiger partial charge in [0, 0.05) is 5.69 Å². The fourth-order valence-corrected chi connectivity index (χ4v) is 4.63. The van der Waals surface area contributed by atoms with Gasteiger partial charge in [-0.1, -0.05) is 30.2 Å². The molecule has 0 N–H and O–H groups in total. The first-order chi connectivity index (χ1) is 16.7. The van der Waals surface area contributed by atoms with Crippen LogP contribution in [0.2, 0.25) is 0 Å². The van der Waals surface area contributed by atoms with Crippen LogP contribution in [0, 0.1) is 20.4 Å². The predicted molar refractivity (Wildman–Crippen MR) is 130 cm³/mol. The zero-order chi connectivity index (χ0) is 25.2. The van der Waals surface area contributed by atoms with E-state index in [1.807, 2.05) is 32.0 Å². The molecule has 1 aliphatic carbocycles. The van der Waals surface area contributed by atoms with Crippen LogP contribution >= 0.6 is 0 Å². The van der Waals surface area contributed by atoms with Gasteiger partial charge in [0.15, 0.2) is 0 Å². The monoisotopic (exact) mass is 480 g/mol. The molecule has 7 heteroatoms. The summed E-state index contributed by atoms with van der Waals surface area (Å²) in [6.45, 7) is 11.2. The molecule has 0 saturated heterocycles. The van der Waals surface area contributed by atoms with E-state index < -0.39 is 23.0 Å². The summed E-state index contributed by atoms with van der Waals surface area (Å²) < 4.78 is 48.7.